The van der Waals surface area contributed by atoms with E-state index in [-0.39, 0.29) is 0 Å². The van der Waals surface area contributed by atoms with Gasteiger partial charge < -0.3 is 9.47 Å². The van der Waals surface area contributed by atoms with Crippen molar-refractivity contribution in [2.24, 2.45) is 0 Å². The zero-order valence-electron chi connectivity index (χ0n) is 8.58. The molecule has 15 heavy (non-hydrogen) atoms. The monoisotopic (exact) mass is 258 g/mol. The van der Waals surface area contributed by atoms with Gasteiger partial charge in [-0.3, -0.25) is 0 Å². The summed E-state index contributed by atoms with van der Waals surface area (Å²) in [6.45, 7) is 0. The molecular weight excluding hydrogens is 247 g/mol. The number of halogens is 1. The van der Waals surface area contributed by atoms with Gasteiger partial charge in [0.15, 0.2) is 0 Å². The van der Waals surface area contributed by atoms with E-state index in [1.54, 1.807) is 14.2 Å². The number of hydrogen-bond acceptors (Lipinski definition) is 2. The summed E-state index contributed by atoms with van der Waals surface area (Å²) in [6.07, 6.45) is 6.04. The number of benzene rings is 1. The zero-order chi connectivity index (χ0) is 11.3. The van der Waals surface area contributed by atoms with Gasteiger partial charge >= 0.3 is 28.7 Å². The van der Waals surface area contributed by atoms with E-state index in [0.29, 0.717) is 0 Å². The Labute approximate surface area is 106 Å². The molecule has 0 atom stereocenters. The van der Waals surface area contributed by atoms with Crippen molar-refractivity contribution >= 4 is 15.4 Å². The topological polar surface area (TPSA) is 18.5 Å². The van der Waals surface area contributed by atoms with Gasteiger partial charge in [0.1, 0.15) is 11.5 Å². The van der Waals surface area contributed by atoms with Crippen LogP contribution in [0, 0.1) is 6.42 Å². The van der Waals surface area contributed by atoms with Gasteiger partial charge in [0.05, 0.1) is 14.2 Å². The number of allylic oxidation sites excluding steroid dienone is 1. The molecule has 0 amide bonds. The molecule has 4 heteroatoms. The number of hydrogen-bond donors (Lipinski definition) is 0. The molecule has 0 saturated carbocycles. The van der Waals surface area contributed by atoms with Crippen LogP contribution < -0.4 is 9.47 Å². The quantitative estimate of drug-likeness (QED) is 0.759. The third-order valence-electron chi connectivity index (χ3n) is 2.17. The van der Waals surface area contributed by atoms with Crippen LogP contribution in [0.3, 0.4) is 0 Å². The molecule has 78 valence electrons. The van der Waals surface area contributed by atoms with Crippen molar-refractivity contribution < 1.29 is 28.8 Å². The Morgan fingerprint density at radius 2 is 1.53 bits per heavy atom. The van der Waals surface area contributed by atoms with Crippen LogP contribution in [0.2, 0.25) is 0 Å². The zero-order valence-corrected chi connectivity index (χ0v) is 10.9. The molecule has 2 rings (SSSR count). The van der Waals surface area contributed by atoms with Crippen LogP contribution in [0.15, 0.2) is 18.2 Å². The maximum absolute atomic E-state index is 5.23. The molecule has 0 N–H and O–H groups in total. The van der Waals surface area contributed by atoms with E-state index in [2.05, 4.69) is 9.30 Å². The Hall–Kier alpha value is -0.436. The summed E-state index contributed by atoms with van der Waals surface area (Å²) in [6, 6.07) is 3.84. The average Bonchev–Trinajstić information content (AvgIpc) is 2.79. The molecule has 0 heterocycles. The molecule has 1 aromatic carbocycles. The van der Waals surface area contributed by atoms with Crippen LogP contribution in [0.4, 0.5) is 0 Å². The molecule has 0 bridgehead atoms. The van der Waals surface area contributed by atoms with Crippen LogP contribution in [-0.2, 0) is 19.4 Å². The summed E-state index contributed by atoms with van der Waals surface area (Å²) in [5.41, 5.74) is 2.20. The Kier molecular flexibility index (Phi) is 5.23. The van der Waals surface area contributed by atoms with Crippen molar-refractivity contribution in [1.29, 1.82) is 0 Å². The fraction of sp³-hybridized carbons (Fsp3) is 0.182. The summed E-state index contributed by atoms with van der Waals surface area (Å²) in [7, 11) is 7.99. The van der Waals surface area contributed by atoms with Crippen LogP contribution in [0.25, 0.3) is 6.08 Å². The molecule has 0 aromatic heterocycles. The predicted molar refractivity (Wildman–Crippen MR) is 57.8 cm³/mol. The Morgan fingerprint density at radius 1 is 1.00 bits per heavy atom. The number of methoxy groups -OCH3 is 2. The minimum absolute atomic E-state index is 0.890. The molecule has 1 radical (unpaired) electrons. The van der Waals surface area contributed by atoms with Gasteiger partial charge in [0.25, 0.3) is 0 Å². The van der Waals surface area contributed by atoms with E-state index < -0.39 is 0 Å². The first-order valence-electron chi connectivity index (χ1n) is 4.32. The normalized spacial score (nSPS) is 11.3. The number of fused-ring (bicyclic) bond motifs is 1. The van der Waals surface area contributed by atoms with Gasteiger partial charge in [0.2, 0.25) is 0 Å². The second-order valence-corrected chi connectivity index (χ2v) is 2.82. The van der Waals surface area contributed by atoms with Gasteiger partial charge in [-0.05, 0) is 12.1 Å². The molecule has 0 spiro atoms. The van der Waals surface area contributed by atoms with Crippen LogP contribution in [0.5, 0.6) is 11.5 Å². The molecule has 1 aliphatic rings. The van der Waals surface area contributed by atoms with Crippen LogP contribution >= 0.6 is 9.30 Å². The average molecular weight is 259 g/mol. The molecule has 0 fully saturated rings. The van der Waals surface area contributed by atoms with E-state index in [1.165, 1.54) is 19.4 Å². The summed E-state index contributed by atoms with van der Waals surface area (Å²) < 4.78 is 10.5. The van der Waals surface area contributed by atoms with Crippen LogP contribution in [0.1, 0.15) is 11.1 Å². The van der Waals surface area contributed by atoms with Gasteiger partial charge in [-0.25, -0.2) is 0 Å². The summed E-state index contributed by atoms with van der Waals surface area (Å²) in [5, 5.41) is 0. The molecule has 0 saturated heterocycles. The first kappa shape index (κ1) is 12.6. The molecule has 1 aliphatic carbocycles. The van der Waals surface area contributed by atoms with Crippen molar-refractivity contribution in [3.05, 3.63) is 35.8 Å². The summed E-state index contributed by atoms with van der Waals surface area (Å²) in [5.74, 6) is 1.78. The SMILES string of the molecule is COc1ccc(OC)c2c1[CH]C=C2.[Cl][Ti]. The van der Waals surface area contributed by atoms with Gasteiger partial charge in [0, 0.05) is 17.5 Å². The standard InChI is InChI=1S/C11H11O2.ClH.Ti/c1-12-10-6-7-11(13-2)9-5-3-4-8(9)10;;/h3-7H,1-2H3;1H;/q;;+1/p-1. The van der Waals surface area contributed by atoms with Crippen molar-refractivity contribution in [3.8, 4) is 11.5 Å². The molecule has 0 aliphatic heterocycles. The van der Waals surface area contributed by atoms with E-state index in [1.807, 2.05) is 30.7 Å². The fourth-order valence-electron chi connectivity index (χ4n) is 1.54. The predicted octanol–water partition coefficient (Wildman–Crippen LogP) is 2.97. The summed E-state index contributed by atoms with van der Waals surface area (Å²) >= 11 is 1.47. The Balaban J connectivity index is 0.000000531. The number of ether oxygens (including phenoxy) is 2. The molecule has 0 unspecified atom stereocenters. The second-order valence-electron chi connectivity index (χ2n) is 2.82. The van der Waals surface area contributed by atoms with E-state index >= 15 is 0 Å². The van der Waals surface area contributed by atoms with Crippen molar-refractivity contribution in [1.82, 2.24) is 0 Å². The maximum atomic E-state index is 5.23. The summed E-state index contributed by atoms with van der Waals surface area (Å²) in [4.78, 5) is 0. The van der Waals surface area contributed by atoms with Gasteiger partial charge in [-0.1, -0.05) is 12.2 Å². The third kappa shape index (κ3) is 2.57. The van der Waals surface area contributed by atoms with Gasteiger partial charge in [-0.15, -0.1) is 0 Å². The molecule has 1 aromatic rings. The van der Waals surface area contributed by atoms with E-state index in [9.17, 15) is 0 Å². The molecular formula is C11H11ClO2Ti. The van der Waals surface area contributed by atoms with Gasteiger partial charge in [-0.2, -0.15) is 0 Å². The fourth-order valence-corrected chi connectivity index (χ4v) is 1.54. The van der Waals surface area contributed by atoms with Crippen LogP contribution in [-0.4, -0.2) is 14.2 Å². The van der Waals surface area contributed by atoms with E-state index in [4.69, 9.17) is 9.47 Å². The Bertz CT molecular complexity index is 364. The van der Waals surface area contributed by atoms with Crippen molar-refractivity contribution in [2.45, 2.75) is 0 Å². The number of rotatable bonds is 2. The Morgan fingerprint density at radius 3 is 2.07 bits per heavy atom. The van der Waals surface area contributed by atoms with Crippen molar-refractivity contribution in [2.75, 3.05) is 14.2 Å². The molecule has 2 nitrogen and oxygen atoms in total. The van der Waals surface area contributed by atoms with Crippen molar-refractivity contribution in [3.63, 3.8) is 0 Å². The third-order valence-corrected chi connectivity index (χ3v) is 2.17. The second kappa shape index (κ2) is 6.21. The first-order valence-corrected chi connectivity index (χ1v) is 6.47. The minimum atomic E-state index is 0.890. The first-order chi connectivity index (χ1) is 7.36. The van der Waals surface area contributed by atoms with E-state index in [0.717, 1.165) is 22.6 Å².